The van der Waals surface area contributed by atoms with E-state index in [0.29, 0.717) is 12.4 Å². The molecule has 0 bridgehead atoms. The lowest BCUT2D eigenvalue weighted by Crippen LogP contribution is -2.43. The van der Waals surface area contributed by atoms with Crippen LogP contribution in [0.4, 0.5) is 0 Å². The molecule has 2 aliphatic rings. The summed E-state index contributed by atoms with van der Waals surface area (Å²) in [6.45, 7) is 4.86. The first kappa shape index (κ1) is 16.3. The van der Waals surface area contributed by atoms with E-state index in [9.17, 15) is 4.79 Å². The number of carbonyl (C=O) groups excluding carboxylic acids is 1. The summed E-state index contributed by atoms with van der Waals surface area (Å²) < 4.78 is 0. The average Bonchev–Trinajstić information content (AvgIpc) is 2.87. The number of amidine groups is 1. The third-order valence-corrected chi connectivity index (χ3v) is 4.94. The van der Waals surface area contributed by atoms with E-state index in [1.54, 1.807) is 0 Å². The van der Waals surface area contributed by atoms with Gasteiger partial charge in [-0.1, -0.05) is 48.0 Å². The van der Waals surface area contributed by atoms with Crippen molar-refractivity contribution >= 4 is 28.9 Å². The molecule has 1 aromatic rings. The molecule has 0 aliphatic carbocycles. The normalized spacial score (nSPS) is 21.1. The molecule has 23 heavy (non-hydrogen) atoms. The van der Waals surface area contributed by atoms with Gasteiger partial charge in [0.1, 0.15) is 5.70 Å². The van der Waals surface area contributed by atoms with Gasteiger partial charge in [0.25, 0.3) is 5.91 Å². The number of rotatable bonds is 3. The molecular formula is C18H23N3OS. The van der Waals surface area contributed by atoms with Gasteiger partial charge < -0.3 is 0 Å². The molecule has 0 saturated carbocycles. The maximum absolute atomic E-state index is 12.7. The van der Waals surface area contributed by atoms with Crippen molar-refractivity contribution in [2.45, 2.75) is 26.2 Å². The minimum atomic E-state index is 0.0144. The number of amides is 1. The Morgan fingerprint density at radius 3 is 2.52 bits per heavy atom. The topological polar surface area (TPSA) is 35.9 Å². The molecule has 0 unspecified atom stereocenters. The molecule has 2 heterocycles. The number of carbonyl (C=O) groups is 1. The number of piperidine rings is 1. The fourth-order valence-electron chi connectivity index (χ4n) is 2.93. The van der Waals surface area contributed by atoms with Gasteiger partial charge in [-0.25, -0.2) is 4.99 Å². The standard InChI is InChI=1S/C18H23N3OS/c1-14-6-8-15(9-7-14)12-16-17(22)21(18(19-16)23-2)13-20-10-4-3-5-11-20/h6-9,12H,3-5,10-11,13H2,1-2H3. The predicted molar refractivity (Wildman–Crippen MR) is 97.2 cm³/mol. The highest BCUT2D eigenvalue weighted by Crippen LogP contribution is 2.24. The summed E-state index contributed by atoms with van der Waals surface area (Å²) in [4.78, 5) is 21.4. The molecule has 1 saturated heterocycles. The Morgan fingerprint density at radius 2 is 1.87 bits per heavy atom. The third kappa shape index (κ3) is 3.85. The maximum atomic E-state index is 12.7. The molecule has 2 aliphatic heterocycles. The van der Waals surface area contributed by atoms with Crippen molar-refractivity contribution in [2.75, 3.05) is 26.0 Å². The number of likely N-dealkylation sites (tertiary alicyclic amines) is 1. The van der Waals surface area contributed by atoms with Crippen LogP contribution in [0.25, 0.3) is 6.08 Å². The Hall–Kier alpha value is -1.59. The molecular weight excluding hydrogens is 306 g/mol. The highest BCUT2D eigenvalue weighted by atomic mass is 32.2. The minimum Gasteiger partial charge on any atom is -0.286 e. The lowest BCUT2D eigenvalue weighted by atomic mass is 10.1. The van der Waals surface area contributed by atoms with Gasteiger partial charge in [-0.3, -0.25) is 14.6 Å². The number of nitrogens with zero attached hydrogens (tertiary/aromatic N) is 3. The molecule has 5 heteroatoms. The summed E-state index contributed by atoms with van der Waals surface area (Å²) in [6, 6.07) is 8.15. The van der Waals surface area contributed by atoms with Crippen molar-refractivity contribution in [3.63, 3.8) is 0 Å². The number of aliphatic imine (C=N–C) groups is 1. The number of aryl methyl sites for hydroxylation is 1. The number of thioether (sulfide) groups is 1. The van der Waals surface area contributed by atoms with Gasteiger partial charge in [0.15, 0.2) is 5.17 Å². The van der Waals surface area contributed by atoms with Gasteiger partial charge >= 0.3 is 0 Å². The molecule has 1 aromatic carbocycles. The van der Waals surface area contributed by atoms with Crippen LogP contribution in [0, 0.1) is 6.92 Å². The summed E-state index contributed by atoms with van der Waals surface area (Å²) in [5.74, 6) is 0.0144. The lowest BCUT2D eigenvalue weighted by Gasteiger charge is -2.30. The van der Waals surface area contributed by atoms with Gasteiger partial charge in [-0.2, -0.15) is 0 Å². The van der Waals surface area contributed by atoms with E-state index in [-0.39, 0.29) is 5.91 Å². The lowest BCUT2D eigenvalue weighted by molar-refractivity contribution is -0.124. The minimum absolute atomic E-state index is 0.0144. The van der Waals surface area contributed by atoms with E-state index in [1.807, 2.05) is 29.4 Å². The first-order valence-corrected chi connectivity index (χ1v) is 9.35. The van der Waals surface area contributed by atoms with Gasteiger partial charge in [-0.05, 0) is 50.8 Å². The Labute approximate surface area is 142 Å². The van der Waals surface area contributed by atoms with Crippen LogP contribution in [0.2, 0.25) is 0 Å². The highest BCUT2D eigenvalue weighted by Gasteiger charge is 2.31. The summed E-state index contributed by atoms with van der Waals surface area (Å²) in [5, 5.41) is 0.805. The molecule has 0 N–H and O–H groups in total. The average molecular weight is 329 g/mol. The second kappa shape index (κ2) is 7.32. The second-order valence-corrected chi connectivity index (χ2v) is 6.87. The van der Waals surface area contributed by atoms with Crippen LogP contribution in [-0.4, -0.2) is 46.9 Å². The molecule has 0 atom stereocenters. The zero-order chi connectivity index (χ0) is 16.2. The summed E-state index contributed by atoms with van der Waals surface area (Å²) >= 11 is 1.54. The SMILES string of the molecule is CSC1=NC(=Cc2ccc(C)cc2)C(=O)N1CN1CCCCC1. The van der Waals surface area contributed by atoms with Gasteiger partial charge in [0.05, 0.1) is 6.67 Å². The molecule has 0 spiro atoms. The summed E-state index contributed by atoms with van der Waals surface area (Å²) in [6.07, 6.45) is 7.60. The molecule has 122 valence electrons. The summed E-state index contributed by atoms with van der Waals surface area (Å²) in [5.41, 5.74) is 2.77. The fourth-order valence-corrected chi connectivity index (χ4v) is 3.48. The van der Waals surface area contributed by atoms with E-state index < -0.39 is 0 Å². The van der Waals surface area contributed by atoms with E-state index in [2.05, 4.69) is 28.9 Å². The Balaban J connectivity index is 1.77. The highest BCUT2D eigenvalue weighted by molar-refractivity contribution is 8.13. The van der Waals surface area contributed by atoms with Crippen molar-refractivity contribution in [2.24, 2.45) is 4.99 Å². The van der Waals surface area contributed by atoms with Crippen molar-refractivity contribution in [3.05, 3.63) is 41.1 Å². The molecule has 4 nitrogen and oxygen atoms in total. The quantitative estimate of drug-likeness (QED) is 0.798. The molecule has 1 amide bonds. The number of benzene rings is 1. The van der Waals surface area contributed by atoms with Crippen molar-refractivity contribution < 1.29 is 4.79 Å². The molecule has 3 rings (SSSR count). The van der Waals surface area contributed by atoms with Crippen LogP contribution in [-0.2, 0) is 4.79 Å². The van der Waals surface area contributed by atoms with Gasteiger partial charge in [-0.15, -0.1) is 0 Å². The zero-order valence-corrected chi connectivity index (χ0v) is 14.6. The largest absolute Gasteiger partial charge is 0.286 e. The Bertz CT molecular complexity index is 630. The molecule has 0 aromatic heterocycles. The van der Waals surface area contributed by atoms with E-state index in [4.69, 9.17) is 0 Å². The van der Waals surface area contributed by atoms with Crippen LogP contribution < -0.4 is 0 Å². The fraction of sp³-hybridized carbons (Fsp3) is 0.444. The van der Waals surface area contributed by atoms with Crippen molar-refractivity contribution in [1.29, 1.82) is 0 Å². The Kier molecular flexibility index (Phi) is 5.18. The maximum Gasteiger partial charge on any atom is 0.279 e. The van der Waals surface area contributed by atoms with E-state index >= 15 is 0 Å². The van der Waals surface area contributed by atoms with Crippen LogP contribution in [0.1, 0.15) is 30.4 Å². The number of hydrogen-bond acceptors (Lipinski definition) is 4. The van der Waals surface area contributed by atoms with Crippen molar-refractivity contribution in [3.8, 4) is 0 Å². The smallest absolute Gasteiger partial charge is 0.279 e. The predicted octanol–water partition coefficient (Wildman–Crippen LogP) is 3.34. The van der Waals surface area contributed by atoms with Crippen LogP contribution in [0.15, 0.2) is 35.0 Å². The monoisotopic (exact) mass is 329 g/mol. The third-order valence-electron chi connectivity index (χ3n) is 4.26. The van der Waals surface area contributed by atoms with Crippen LogP contribution >= 0.6 is 11.8 Å². The van der Waals surface area contributed by atoms with Crippen LogP contribution in [0.3, 0.4) is 0 Å². The molecule has 1 fully saturated rings. The second-order valence-electron chi connectivity index (χ2n) is 6.09. The van der Waals surface area contributed by atoms with Crippen LogP contribution in [0.5, 0.6) is 0 Å². The molecule has 0 radical (unpaired) electrons. The van der Waals surface area contributed by atoms with E-state index in [0.717, 1.165) is 23.8 Å². The van der Waals surface area contributed by atoms with Gasteiger partial charge in [0.2, 0.25) is 0 Å². The zero-order valence-electron chi connectivity index (χ0n) is 13.8. The van der Waals surface area contributed by atoms with Gasteiger partial charge in [0, 0.05) is 0 Å². The van der Waals surface area contributed by atoms with E-state index in [1.165, 1.54) is 36.6 Å². The first-order chi connectivity index (χ1) is 11.2. The Morgan fingerprint density at radius 1 is 1.17 bits per heavy atom. The van der Waals surface area contributed by atoms with Crippen molar-refractivity contribution in [1.82, 2.24) is 9.80 Å². The first-order valence-electron chi connectivity index (χ1n) is 8.12. The number of hydrogen-bond donors (Lipinski definition) is 0. The summed E-state index contributed by atoms with van der Waals surface area (Å²) in [7, 11) is 0.